The van der Waals surface area contributed by atoms with E-state index < -0.39 is 0 Å². The lowest BCUT2D eigenvalue weighted by Gasteiger charge is -2.09. The smallest absolute Gasteiger partial charge is 0.145 e. The molecule has 0 amide bonds. The Kier molecular flexibility index (Phi) is 2.97. The lowest BCUT2D eigenvalue weighted by Crippen LogP contribution is -1.97. The van der Waals surface area contributed by atoms with E-state index in [0.717, 1.165) is 28.1 Å². The van der Waals surface area contributed by atoms with Crippen molar-refractivity contribution in [2.75, 3.05) is 0 Å². The zero-order valence-electron chi connectivity index (χ0n) is 12.3. The van der Waals surface area contributed by atoms with Gasteiger partial charge in [0.25, 0.3) is 0 Å². The molecule has 2 aromatic carbocycles. The van der Waals surface area contributed by atoms with Crippen LogP contribution in [0, 0.1) is 6.92 Å². The minimum Gasteiger partial charge on any atom is -0.292 e. The van der Waals surface area contributed by atoms with Crippen LogP contribution in [0.25, 0.3) is 28.1 Å². The molecule has 22 heavy (non-hydrogen) atoms. The molecule has 0 atom stereocenters. The molecule has 0 unspecified atom stereocenters. The third-order valence-corrected chi connectivity index (χ3v) is 3.76. The molecule has 0 bridgehead atoms. The number of rotatable bonds is 2. The Morgan fingerprint density at radius 2 is 1.64 bits per heavy atom. The molecule has 0 N–H and O–H groups in total. The van der Waals surface area contributed by atoms with Crippen molar-refractivity contribution < 1.29 is 0 Å². The molecule has 0 aliphatic rings. The van der Waals surface area contributed by atoms with Crippen molar-refractivity contribution in [1.82, 2.24) is 14.5 Å². The van der Waals surface area contributed by atoms with Gasteiger partial charge < -0.3 is 0 Å². The van der Waals surface area contributed by atoms with Crippen LogP contribution in [0.3, 0.4) is 0 Å². The van der Waals surface area contributed by atoms with Gasteiger partial charge in [-0.1, -0.05) is 36.4 Å². The summed E-state index contributed by atoms with van der Waals surface area (Å²) in [6.45, 7) is 2.09. The Morgan fingerprint density at radius 3 is 2.41 bits per heavy atom. The largest absolute Gasteiger partial charge is 0.292 e. The van der Waals surface area contributed by atoms with Crippen molar-refractivity contribution in [1.29, 1.82) is 0 Å². The number of aromatic nitrogens is 3. The van der Waals surface area contributed by atoms with E-state index in [4.69, 9.17) is 4.98 Å². The molecule has 0 saturated heterocycles. The molecule has 4 aromatic rings. The van der Waals surface area contributed by atoms with Crippen LogP contribution >= 0.6 is 0 Å². The summed E-state index contributed by atoms with van der Waals surface area (Å²) in [6, 6.07) is 20.7. The summed E-state index contributed by atoms with van der Waals surface area (Å²) in [6.07, 6.45) is 3.62. The van der Waals surface area contributed by atoms with Gasteiger partial charge in [-0.2, -0.15) is 0 Å². The molecule has 2 heterocycles. The van der Waals surface area contributed by atoms with Crippen LogP contribution in [0.15, 0.2) is 73.1 Å². The maximum absolute atomic E-state index is 4.86. The number of hydrogen-bond donors (Lipinski definition) is 0. The normalized spacial score (nSPS) is 11.0. The molecular formula is C19H15N3. The zero-order chi connectivity index (χ0) is 14.9. The lowest BCUT2D eigenvalue weighted by molar-refractivity contribution is 1.09. The number of fused-ring (bicyclic) bond motifs is 1. The van der Waals surface area contributed by atoms with E-state index in [-0.39, 0.29) is 0 Å². The van der Waals surface area contributed by atoms with E-state index in [1.165, 1.54) is 5.56 Å². The van der Waals surface area contributed by atoms with Crippen molar-refractivity contribution in [2.24, 2.45) is 0 Å². The van der Waals surface area contributed by atoms with Gasteiger partial charge in [0.15, 0.2) is 0 Å². The predicted octanol–water partition coefficient (Wildman–Crippen LogP) is 4.40. The van der Waals surface area contributed by atoms with Gasteiger partial charge in [0.05, 0.1) is 16.7 Å². The molecule has 4 rings (SSSR count). The number of aryl methyl sites for hydroxylation is 1. The molecule has 0 fully saturated rings. The van der Waals surface area contributed by atoms with Crippen LogP contribution in [0.4, 0.5) is 0 Å². The average molecular weight is 285 g/mol. The maximum Gasteiger partial charge on any atom is 0.145 e. The topological polar surface area (TPSA) is 30.7 Å². The molecule has 3 heteroatoms. The maximum atomic E-state index is 4.86. The predicted molar refractivity (Wildman–Crippen MR) is 89.0 cm³/mol. The van der Waals surface area contributed by atoms with E-state index in [1.54, 1.807) is 0 Å². The fourth-order valence-electron chi connectivity index (χ4n) is 2.73. The number of nitrogens with zero attached hydrogens (tertiary/aromatic N) is 3. The Morgan fingerprint density at radius 1 is 0.864 bits per heavy atom. The van der Waals surface area contributed by atoms with Gasteiger partial charge in [-0.25, -0.2) is 4.98 Å². The first kappa shape index (κ1) is 12.8. The minimum atomic E-state index is 0.951. The van der Waals surface area contributed by atoms with Crippen LogP contribution in [-0.4, -0.2) is 14.5 Å². The number of hydrogen-bond acceptors (Lipinski definition) is 2. The van der Waals surface area contributed by atoms with Gasteiger partial charge in [-0.05, 0) is 36.8 Å². The van der Waals surface area contributed by atoms with Gasteiger partial charge >= 0.3 is 0 Å². The molecule has 0 saturated carbocycles. The fraction of sp³-hybridized carbons (Fsp3) is 0.0526. The van der Waals surface area contributed by atoms with Crippen LogP contribution < -0.4 is 0 Å². The third kappa shape index (κ3) is 2.07. The summed E-state index contributed by atoms with van der Waals surface area (Å²) in [7, 11) is 0. The second kappa shape index (κ2) is 5.11. The van der Waals surface area contributed by atoms with Crippen LogP contribution in [0.1, 0.15) is 5.56 Å². The van der Waals surface area contributed by atoms with E-state index in [0.29, 0.717) is 0 Å². The Bertz CT molecular complexity index is 925. The molecule has 0 aliphatic heterocycles. The van der Waals surface area contributed by atoms with Crippen molar-refractivity contribution in [2.45, 2.75) is 6.92 Å². The summed E-state index contributed by atoms with van der Waals surface area (Å²) in [4.78, 5) is 8.98. The summed E-state index contributed by atoms with van der Waals surface area (Å²) in [5.74, 6) is 0.951. The highest BCUT2D eigenvalue weighted by atomic mass is 15.1. The lowest BCUT2D eigenvalue weighted by atomic mass is 10.2. The summed E-state index contributed by atoms with van der Waals surface area (Å²) < 4.78 is 2.19. The molecule has 3 nitrogen and oxygen atoms in total. The quantitative estimate of drug-likeness (QED) is 0.546. The first-order chi connectivity index (χ1) is 10.8. The van der Waals surface area contributed by atoms with Gasteiger partial charge in [-0.15, -0.1) is 0 Å². The Hall–Kier alpha value is -2.94. The molecule has 2 aromatic heterocycles. The van der Waals surface area contributed by atoms with E-state index in [1.807, 2.05) is 42.7 Å². The standard InChI is InChI=1S/C19H15N3/c1-14-7-8-18-17(13-14)21-19(15-5-3-2-4-6-15)22(18)16-9-11-20-12-10-16/h2-13H,1H3. The van der Waals surface area contributed by atoms with Gasteiger partial charge in [0.2, 0.25) is 0 Å². The number of imidazole rings is 1. The van der Waals surface area contributed by atoms with Crippen molar-refractivity contribution in [3.8, 4) is 17.1 Å². The highest BCUT2D eigenvalue weighted by Gasteiger charge is 2.13. The highest BCUT2D eigenvalue weighted by molar-refractivity contribution is 5.83. The van der Waals surface area contributed by atoms with E-state index in [9.17, 15) is 0 Å². The van der Waals surface area contributed by atoms with Crippen molar-refractivity contribution in [3.05, 3.63) is 78.6 Å². The van der Waals surface area contributed by atoms with E-state index >= 15 is 0 Å². The third-order valence-electron chi connectivity index (χ3n) is 3.76. The summed E-state index contributed by atoms with van der Waals surface area (Å²) >= 11 is 0. The molecule has 106 valence electrons. The highest BCUT2D eigenvalue weighted by Crippen LogP contribution is 2.28. The van der Waals surface area contributed by atoms with Gasteiger partial charge in [-0.3, -0.25) is 9.55 Å². The monoisotopic (exact) mass is 285 g/mol. The fourth-order valence-corrected chi connectivity index (χ4v) is 2.73. The van der Waals surface area contributed by atoms with E-state index in [2.05, 4.69) is 46.8 Å². The Labute approximate surface area is 128 Å². The van der Waals surface area contributed by atoms with Crippen LogP contribution in [0.2, 0.25) is 0 Å². The molecule has 0 spiro atoms. The second-order valence-electron chi connectivity index (χ2n) is 5.33. The van der Waals surface area contributed by atoms with Crippen LogP contribution in [-0.2, 0) is 0 Å². The Balaban J connectivity index is 2.07. The zero-order valence-corrected chi connectivity index (χ0v) is 12.3. The van der Waals surface area contributed by atoms with Crippen LogP contribution in [0.5, 0.6) is 0 Å². The first-order valence-corrected chi connectivity index (χ1v) is 7.28. The second-order valence-corrected chi connectivity index (χ2v) is 5.33. The number of pyridine rings is 1. The minimum absolute atomic E-state index is 0.951. The summed E-state index contributed by atoms with van der Waals surface area (Å²) in [5, 5.41) is 0. The van der Waals surface area contributed by atoms with Gasteiger partial charge in [0.1, 0.15) is 5.82 Å². The summed E-state index contributed by atoms with van der Waals surface area (Å²) in [5.41, 5.74) is 5.51. The van der Waals surface area contributed by atoms with Crippen molar-refractivity contribution in [3.63, 3.8) is 0 Å². The van der Waals surface area contributed by atoms with Gasteiger partial charge in [0, 0.05) is 18.0 Å². The average Bonchev–Trinajstić information content (AvgIpc) is 2.95. The van der Waals surface area contributed by atoms with Crippen molar-refractivity contribution >= 4 is 11.0 Å². The number of benzene rings is 2. The molecule has 0 radical (unpaired) electrons. The molecular weight excluding hydrogens is 270 g/mol. The SMILES string of the molecule is Cc1ccc2c(c1)nc(-c1ccccc1)n2-c1ccncc1. The molecule has 0 aliphatic carbocycles. The first-order valence-electron chi connectivity index (χ1n) is 7.28.